The summed E-state index contributed by atoms with van der Waals surface area (Å²) in [7, 11) is 0. The maximum Gasteiger partial charge on any atom is 0.104 e. The van der Waals surface area contributed by atoms with Crippen LogP contribution in [0.2, 0.25) is 0 Å². The van der Waals surface area contributed by atoms with Gasteiger partial charge >= 0.3 is 0 Å². The highest BCUT2D eigenvalue weighted by atomic mass is 14.8. The first-order valence-electron chi connectivity index (χ1n) is 5.44. The van der Waals surface area contributed by atoms with Crippen LogP contribution in [0.4, 0.5) is 0 Å². The average molecular weight is 178 g/mol. The molecule has 2 fully saturated rings. The van der Waals surface area contributed by atoms with Gasteiger partial charge in [0.25, 0.3) is 0 Å². The summed E-state index contributed by atoms with van der Waals surface area (Å²) in [5.41, 5.74) is 5.52. The van der Waals surface area contributed by atoms with Crippen molar-refractivity contribution in [1.29, 1.82) is 5.26 Å². The highest BCUT2D eigenvalue weighted by molar-refractivity contribution is 5.08. The Labute approximate surface area is 80.1 Å². The van der Waals surface area contributed by atoms with Gasteiger partial charge in [-0.2, -0.15) is 5.26 Å². The van der Waals surface area contributed by atoms with Gasteiger partial charge in [0.2, 0.25) is 0 Å². The van der Waals surface area contributed by atoms with E-state index in [-0.39, 0.29) is 0 Å². The van der Waals surface area contributed by atoms with E-state index in [1.54, 1.807) is 0 Å². The van der Waals surface area contributed by atoms with E-state index in [4.69, 9.17) is 11.0 Å². The highest BCUT2D eigenvalue weighted by Crippen LogP contribution is 2.43. The third-order valence-corrected chi connectivity index (χ3v) is 3.88. The van der Waals surface area contributed by atoms with Gasteiger partial charge < -0.3 is 5.73 Å². The van der Waals surface area contributed by atoms with Crippen molar-refractivity contribution in [2.75, 3.05) is 0 Å². The minimum atomic E-state index is -0.488. The lowest BCUT2D eigenvalue weighted by molar-refractivity contribution is 0.134. The summed E-state index contributed by atoms with van der Waals surface area (Å²) in [6.07, 6.45) is 8.50. The molecule has 2 rings (SSSR count). The van der Waals surface area contributed by atoms with Crippen LogP contribution < -0.4 is 5.73 Å². The Morgan fingerprint density at radius 1 is 1.15 bits per heavy atom. The van der Waals surface area contributed by atoms with Crippen molar-refractivity contribution >= 4 is 0 Å². The smallest absolute Gasteiger partial charge is 0.104 e. The van der Waals surface area contributed by atoms with E-state index < -0.39 is 5.54 Å². The zero-order valence-electron chi connectivity index (χ0n) is 8.13. The first-order valence-corrected chi connectivity index (χ1v) is 5.44. The summed E-state index contributed by atoms with van der Waals surface area (Å²) in [6.45, 7) is 0. The van der Waals surface area contributed by atoms with Gasteiger partial charge in [0, 0.05) is 0 Å². The number of nitriles is 1. The Morgan fingerprint density at radius 2 is 1.85 bits per heavy atom. The van der Waals surface area contributed by atoms with E-state index in [0.717, 1.165) is 24.7 Å². The number of nitrogens with zero attached hydrogens (tertiary/aromatic N) is 1. The van der Waals surface area contributed by atoms with Crippen LogP contribution in [0.3, 0.4) is 0 Å². The molecule has 0 aromatic heterocycles. The monoisotopic (exact) mass is 178 g/mol. The van der Waals surface area contributed by atoms with Crippen molar-refractivity contribution < 1.29 is 0 Å². The van der Waals surface area contributed by atoms with Gasteiger partial charge in [-0.15, -0.1) is 0 Å². The lowest BCUT2D eigenvalue weighted by Crippen LogP contribution is -2.46. The number of hydrogen-bond acceptors (Lipinski definition) is 2. The highest BCUT2D eigenvalue weighted by Gasteiger charge is 2.39. The van der Waals surface area contributed by atoms with E-state index in [1.807, 2.05) is 0 Å². The molecule has 2 saturated carbocycles. The van der Waals surface area contributed by atoms with Crippen LogP contribution in [0.25, 0.3) is 0 Å². The van der Waals surface area contributed by atoms with Gasteiger partial charge in [-0.1, -0.05) is 25.7 Å². The summed E-state index contributed by atoms with van der Waals surface area (Å²) in [5.74, 6) is 1.64. The zero-order chi connectivity index (χ0) is 9.31. The quantitative estimate of drug-likeness (QED) is 0.618. The van der Waals surface area contributed by atoms with Crippen molar-refractivity contribution in [3.8, 4) is 6.07 Å². The van der Waals surface area contributed by atoms with Gasteiger partial charge in [0.05, 0.1) is 6.07 Å². The van der Waals surface area contributed by atoms with Crippen molar-refractivity contribution in [2.24, 2.45) is 17.6 Å². The van der Waals surface area contributed by atoms with E-state index in [9.17, 15) is 0 Å². The van der Waals surface area contributed by atoms with Gasteiger partial charge in [0.1, 0.15) is 5.54 Å². The van der Waals surface area contributed by atoms with Crippen LogP contribution in [0, 0.1) is 23.2 Å². The molecule has 0 saturated heterocycles. The molecule has 2 aliphatic carbocycles. The maximum absolute atomic E-state index is 8.97. The summed E-state index contributed by atoms with van der Waals surface area (Å²) < 4.78 is 0. The van der Waals surface area contributed by atoms with E-state index in [2.05, 4.69) is 6.07 Å². The predicted molar refractivity (Wildman–Crippen MR) is 51.8 cm³/mol. The van der Waals surface area contributed by atoms with Crippen LogP contribution in [0.15, 0.2) is 0 Å². The Balaban J connectivity index is 2.03. The molecule has 2 aliphatic rings. The zero-order valence-corrected chi connectivity index (χ0v) is 8.13. The summed E-state index contributed by atoms with van der Waals surface area (Å²) >= 11 is 0. The lowest BCUT2D eigenvalue weighted by Gasteiger charge is -2.41. The minimum absolute atomic E-state index is 0.488. The van der Waals surface area contributed by atoms with Crippen molar-refractivity contribution in [2.45, 2.75) is 50.5 Å². The molecule has 2 N–H and O–H groups in total. The van der Waals surface area contributed by atoms with Gasteiger partial charge in [-0.05, 0) is 31.1 Å². The standard InChI is InChI=1S/C11H18N2/c12-8-11(13)6-5-9-3-1-2-4-10(9)7-11/h9-10H,1-7,13H2. The summed E-state index contributed by atoms with van der Waals surface area (Å²) in [6, 6.07) is 2.29. The molecule has 0 heterocycles. The summed E-state index contributed by atoms with van der Waals surface area (Å²) in [5, 5.41) is 8.97. The van der Waals surface area contributed by atoms with Crippen molar-refractivity contribution in [3.05, 3.63) is 0 Å². The Hall–Kier alpha value is -0.550. The van der Waals surface area contributed by atoms with Gasteiger partial charge in [-0.25, -0.2) is 0 Å². The second-order valence-electron chi connectivity index (χ2n) is 4.82. The molecular weight excluding hydrogens is 160 g/mol. The molecule has 3 atom stereocenters. The Morgan fingerprint density at radius 3 is 2.54 bits per heavy atom. The second kappa shape index (κ2) is 3.31. The number of nitrogens with two attached hydrogens (primary N) is 1. The molecule has 2 nitrogen and oxygen atoms in total. The molecule has 0 spiro atoms. The number of hydrogen-bond donors (Lipinski definition) is 1. The van der Waals surface area contributed by atoms with Gasteiger partial charge in [-0.3, -0.25) is 0 Å². The fourth-order valence-corrected chi connectivity index (χ4v) is 3.05. The molecule has 3 unspecified atom stereocenters. The fourth-order valence-electron chi connectivity index (χ4n) is 3.05. The van der Waals surface area contributed by atoms with Crippen LogP contribution in [0.5, 0.6) is 0 Å². The average Bonchev–Trinajstić information content (AvgIpc) is 2.18. The molecule has 0 amide bonds. The van der Waals surface area contributed by atoms with Crippen LogP contribution >= 0.6 is 0 Å². The minimum Gasteiger partial charge on any atom is -0.313 e. The third kappa shape index (κ3) is 1.71. The van der Waals surface area contributed by atoms with E-state index in [1.165, 1.54) is 32.1 Å². The predicted octanol–water partition coefficient (Wildman–Crippen LogP) is 2.20. The Bertz CT molecular complexity index is 231. The van der Waals surface area contributed by atoms with Crippen LogP contribution in [-0.2, 0) is 0 Å². The van der Waals surface area contributed by atoms with E-state index >= 15 is 0 Å². The molecule has 13 heavy (non-hydrogen) atoms. The van der Waals surface area contributed by atoms with Crippen LogP contribution in [0.1, 0.15) is 44.9 Å². The maximum atomic E-state index is 8.97. The lowest BCUT2D eigenvalue weighted by atomic mass is 9.65. The number of fused-ring (bicyclic) bond motifs is 1. The van der Waals surface area contributed by atoms with E-state index in [0.29, 0.717) is 0 Å². The molecule has 0 aromatic carbocycles. The molecule has 72 valence electrons. The van der Waals surface area contributed by atoms with Crippen molar-refractivity contribution in [1.82, 2.24) is 0 Å². The SMILES string of the molecule is N#CC1(N)CCC2CCCCC2C1. The van der Waals surface area contributed by atoms with Crippen LogP contribution in [-0.4, -0.2) is 5.54 Å². The normalized spacial score (nSPS) is 44.9. The topological polar surface area (TPSA) is 49.8 Å². The van der Waals surface area contributed by atoms with Crippen molar-refractivity contribution in [3.63, 3.8) is 0 Å². The molecule has 2 heteroatoms. The third-order valence-electron chi connectivity index (χ3n) is 3.88. The molecule has 0 aromatic rings. The first kappa shape index (κ1) is 9.02. The first-order chi connectivity index (χ1) is 6.23. The molecule has 0 radical (unpaired) electrons. The number of rotatable bonds is 0. The second-order valence-corrected chi connectivity index (χ2v) is 4.82. The molecular formula is C11H18N2. The largest absolute Gasteiger partial charge is 0.313 e. The summed E-state index contributed by atoms with van der Waals surface area (Å²) in [4.78, 5) is 0. The Kier molecular flexibility index (Phi) is 2.29. The fraction of sp³-hybridized carbons (Fsp3) is 0.909. The molecule has 0 bridgehead atoms. The van der Waals surface area contributed by atoms with Gasteiger partial charge in [0.15, 0.2) is 0 Å². The molecule has 0 aliphatic heterocycles.